The number of benzene rings is 1. The molecule has 1 unspecified atom stereocenters. The number of ether oxygens (including phenoxy) is 1. The van der Waals surface area contributed by atoms with Crippen molar-refractivity contribution >= 4 is 18.7 Å². The number of hydrogen-bond acceptors (Lipinski definition) is 4. The summed E-state index contributed by atoms with van der Waals surface area (Å²) in [5, 5.41) is 0. The summed E-state index contributed by atoms with van der Waals surface area (Å²) in [6.45, 7) is 10.8. The number of halogens is 2. The van der Waals surface area contributed by atoms with Gasteiger partial charge in [0.15, 0.2) is 0 Å². The maximum absolute atomic E-state index is 15.3. The van der Waals surface area contributed by atoms with Crippen molar-refractivity contribution in [2.75, 3.05) is 7.05 Å². The van der Waals surface area contributed by atoms with E-state index < -0.39 is 42.1 Å². The van der Waals surface area contributed by atoms with Gasteiger partial charge in [-0.1, -0.05) is 0 Å². The Balaban J connectivity index is 1.93. The van der Waals surface area contributed by atoms with Crippen molar-refractivity contribution in [2.45, 2.75) is 77.7 Å². The molecule has 1 heterocycles. The zero-order valence-electron chi connectivity index (χ0n) is 17.6. The van der Waals surface area contributed by atoms with Gasteiger partial charge in [0.05, 0.1) is 28.8 Å². The summed E-state index contributed by atoms with van der Waals surface area (Å²) < 4.78 is 47.2. The third-order valence-electron chi connectivity index (χ3n) is 6.00. The fourth-order valence-corrected chi connectivity index (χ4v) is 3.67. The van der Waals surface area contributed by atoms with E-state index in [2.05, 4.69) is 0 Å². The minimum absolute atomic E-state index is 0.203. The predicted molar refractivity (Wildman–Crippen MR) is 103 cm³/mol. The second-order valence-corrected chi connectivity index (χ2v) is 8.84. The molecule has 8 heteroatoms. The first-order valence-electron chi connectivity index (χ1n) is 9.65. The van der Waals surface area contributed by atoms with E-state index in [1.165, 1.54) is 11.0 Å². The Morgan fingerprint density at radius 3 is 2.36 bits per heavy atom. The maximum Gasteiger partial charge on any atom is 0.500 e. The van der Waals surface area contributed by atoms with Gasteiger partial charge in [-0.05, 0) is 71.6 Å². The molecule has 1 aliphatic heterocycles. The molecule has 28 heavy (non-hydrogen) atoms. The lowest BCUT2D eigenvalue weighted by Crippen LogP contribution is -2.41. The molecule has 0 aromatic heterocycles. The molecule has 1 aromatic carbocycles. The lowest BCUT2D eigenvalue weighted by atomic mass is 9.76. The van der Waals surface area contributed by atoms with Crippen molar-refractivity contribution < 1.29 is 27.6 Å². The topological polar surface area (TPSA) is 48.0 Å². The molecule has 1 fully saturated rings. The number of nitrogens with zero attached hydrogens (tertiary/aromatic N) is 1. The quantitative estimate of drug-likeness (QED) is 0.732. The average Bonchev–Trinajstić information content (AvgIpc) is 3.04. The van der Waals surface area contributed by atoms with E-state index in [-0.39, 0.29) is 11.6 Å². The monoisotopic (exact) mass is 395 g/mol. The zero-order chi connectivity index (χ0) is 21.0. The van der Waals surface area contributed by atoms with Crippen LogP contribution in [-0.4, -0.2) is 42.5 Å². The van der Waals surface area contributed by atoms with Crippen LogP contribution in [0.3, 0.4) is 0 Å². The third-order valence-corrected chi connectivity index (χ3v) is 6.00. The van der Waals surface area contributed by atoms with E-state index in [1.807, 2.05) is 27.7 Å². The molecule has 3 rings (SSSR count). The van der Waals surface area contributed by atoms with Crippen LogP contribution in [0.2, 0.25) is 0 Å². The fraction of sp³-hybridized carbons (Fsp3) is 0.650. The lowest BCUT2D eigenvalue weighted by Gasteiger charge is -2.32. The first-order valence-corrected chi connectivity index (χ1v) is 9.65. The molecule has 1 atom stereocenters. The van der Waals surface area contributed by atoms with Gasteiger partial charge >= 0.3 is 13.2 Å². The van der Waals surface area contributed by atoms with E-state index in [9.17, 15) is 9.18 Å². The summed E-state index contributed by atoms with van der Waals surface area (Å²) in [5.74, 6) is -1.38. The largest absolute Gasteiger partial charge is 0.500 e. The van der Waals surface area contributed by atoms with Crippen molar-refractivity contribution in [3.63, 3.8) is 0 Å². The van der Waals surface area contributed by atoms with Crippen LogP contribution in [0.25, 0.3) is 0 Å². The molecular formula is C20H28BF2NO4. The van der Waals surface area contributed by atoms with Gasteiger partial charge in [0, 0.05) is 7.05 Å². The molecule has 1 amide bonds. The van der Waals surface area contributed by atoms with Crippen LogP contribution in [0, 0.1) is 11.6 Å². The van der Waals surface area contributed by atoms with Crippen molar-refractivity contribution in [3.05, 3.63) is 28.8 Å². The highest BCUT2D eigenvalue weighted by Crippen LogP contribution is 2.40. The number of amides is 1. The first kappa shape index (κ1) is 21.1. The van der Waals surface area contributed by atoms with Crippen LogP contribution in [0.4, 0.5) is 13.6 Å². The molecule has 0 radical (unpaired) electrons. The molecule has 154 valence electrons. The van der Waals surface area contributed by atoms with Gasteiger partial charge in [-0.25, -0.2) is 13.6 Å². The Morgan fingerprint density at radius 1 is 1.25 bits per heavy atom. The second kappa shape index (κ2) is 6.99. The van der Waals surface area contributed by atoms with Gasteiger partial charge in [0.25, 0.3) is 0 Å². The highest BCUT2D eigenvalue weighted by atomic mass is 19.1. The molecular weight excluding hydrogens is 367 g/mol. The van der Waals surface area contributed by atoms with Crippen LogP contribution in [0.15, 0.2) is 6.07 Å². The number of carbonyl (C=O) groups is 1. The summed E-state index contributed by atoms with van der Waals surface area (Å²) in [7, 11) is 0.473. The highest BCUT2D eigenvalue weighted by Gasteiger charge is 2.54. The molecule has 5 nitrogen and oxygen atoms in total. The SMILES string of the molecule is CC(C)OC(=O)N(C)C1CCc2c1cc(F)c(B1OC(C)(C)C(C)(C)O1)c2F. The van der Waals surface area contributed by atoms with Gasteiger partial charge in [-0.3, -0.25) is 0 Å². The van der Waals surface area contributed by atoms with Crippen molar-refractivity contribution in [2.24, 2.45) is 0 Å². The summed E-state index contributed by atoms with van der Waals surface area (Å²) in [6, 6.07) is 0.868. The normalized spacial score (nSPS) is 22.5. The number of hydrogen-bond donors (Lipinski definition) is 0. The van der Waals surface area contributed by atoms with Gasteiger partial charge in [-0.2, -0.15) is 0 Å². The summed E-state index contributed by atoms with van der Waals surface area (Å²) in [6.07, 6.45) is 0.124. The van der Waals surface area contributed by atoms with Crippen LogP contribution < -0.4 is 5.46 Å². The summed E-state index contributed by atoms with van der Waals surface area (Å²) in [5.41, 5.74) is -0.720. The van der Waals surface area contributed by atoms with E-state index in [4.69, 9.17) is 14.0 Å². The molecule has 2 aliphatic rings. The Hall–Kier alpha value is -1.67. The Labute approximate surface area is 165 Å². The standard InChI is InChI=1S/C20H28BF2NO4/c1-11(2)26-18(25)24(7)15-9-8-12-13(15)10-14(22)16(17(12)23)21-27-19(3,4)20(5,6)28-21/h10-11,15H,8-9H2,1-7H3. The third kappa shape index (κ3) is 3.41. The Kier molecular flexibility index (Phi) is 5.25. The maximum atomic E-state index is 15.3. The molecule has 1 aromatic rings. The van der Waals surface area contributed by atoms with Gasteiger partial charge in [-0.15, -0.1) is 0 Å². The van der Waals surface area contributed by atoms with Crippen LogP contribution in [0.5, 0.6) is 0 Å². The predicted octanol–water partition coefficient (Wildman–Crippen LogP) is 3.73. The zero-order valence-corrected chi connectivity index (χ0v) is 17.6. The Morgan fingerprint density at radius 2 is 1.82 bits per heavy atom. The molecule has 1 saturated heterocycles. The molecule has 1 aliphatic carbocycles. The number of rotatable bonds is 3. The smallest absolute Gasteiger partial charge is 0.447 e. The van der Waals surface area contributed by atoms with Crippen LogP contribution in [-0.2, 0) is 20.5 Å². The fourth-order valence-electron chi connectivity index (χ4n) is 3.67. The van der Waals surface area contributed by atoms with Crippen molar-refractivity contribution in [1.29, 1.82) is 0 Å². The van der Waals surface area contributed by atoms with E-state index >= 15 is 4.39 Å². The number of carbonyl (C=O) groups excluding carboxylic acids is 1. The minimum Gasteiger partial charge on any atom is -0.447 e. The average molecular weight is 395 g/mol. The van der Waals surface area contributed by atoms with Crippen molar-refractivity contribution in [1.82, 2.24) is 4.90 Å². The molecule has 0 spiro atoms. The molecule has 0 bridgehead atoms. The van der Waals surface area contributed by atoms with Crippen LogP contribution >= 0.6 is 0 Å². The van der Waals surface area contributed by atoms with Gasteiger partial charge < -0.3 is 18.9 Å². The van der Waals surface area contributed by atoms with Gasteiger partial charge in [0.1, 0.15) is 11.6 Å². The first-order chi connectivity index (χ1) is 12.9. The second-order valence-electron chi connectivity index (χ2n) is 8.84. The van der Waals surface area contributed by atoms with Crippen LogP contribution in [0.1, 0.15) is 65.1 Å². The Bertz CT molecular complexity index is 781. The van der Waals surface area contributed by atoms with E-state index in [1.54, 1.807) is 20.9 Å². The van der Waals surface area contributed by atoms with E-state index in [0.717, 1.165) is 0 Å². The number of fused-ring (bicyclic) bond motifs is 1. The minimum atomic E-state index is -1.11. The molecule has 0 N–H and O–H groups in total. The van der Waals surface area contributed by atoms with Gasteiger partial charge in [0.2, 0.25) is 0 Å². The summed E-state index contributed by atoms with van der Waals surface area (Å²) in [4.78, 5) is 13.6. The van der Waals surface area contributed by atoms with E-state index in [0.29, 0.717) is 24.0 Å². The lowest BCUT2D eigenvalue weighted by molar-refractivity contribution is 0.00578. The summed E-state index contributed by atoms with van der Waals surface area (Å²) >= 11 is 0. The highest BCUT2D eigenvalue weighted by molar-refractivity contribution is 6.62. The van der Waals surface area contributed by atoms with Crippen molar-refractivity contribution in [3.8, 4) is 0 Å². The molecule has 0 saturated carbocycles.